The summed E-state index contributed by atoms with van der Waals surface area (Å²) >= 11 is 0. The molecule has 2 N–H and O–H groups in total. The number of aromatic hydroxyl groups is 1. The fraction of sp³-hybridized carbons (Fsp3) is 0.825. The molecule has 0 aliphatic heterocycles. The molecule has 0 aromatic heterocycles. The van der Waals surface area contributed by atoms with Crippen LogP contribution in [-0.2, 0) is 0 Å². The van der Waals surface area contributed by atoms with Gasteiger partial charge in [0.2, 0.25) is 17.2 Å². The van der Waals surface area contributed by atoms with Gasteiger partial charge >= 0.3 is 5.97 Å². The smallest absolute Gasteiger partial charge is 0.343 e. The van der Waals surface area contributed by atoms with Gasteiger partial charge in [0, 0.05) is 0 Å². The molecular weight excluding hydrogens is 592 g/mol. The maximum Gasteiger partial charge on any atom is 0.343 e. The highest BCUT2D eigenvalue weighted by Gasteiger charge is 2.32. The van der Waals surface area contributed by atoms with Crippen molar-refractivity contribution in [1.82, 2.24) is 0 Å². The summed E-state index contributed by atoms with van der Waals surface area (Å²) in [5.74, 6) is -1.08. The van der Waals surface area contributed by atoms with E-state index in [1.807, 2.05) is 0 Å². The second kappa shape index (κ2) is 29.8. The highest BCUT2D eigenvalue weighted by Crippen LogP contribution is 2.53. The summed E-state index contributed by atoms with van der Waals surface area (Å²) in [6.45, 7) is 10.4. The number of hydrogen-bond donors (Lipinski definition) is 2. The molecule has 47 heavy (non-hydrogen) atoms. The maximum atomic E-state index is 12.6. The lowest BCUT2D eigenvalue weighted by Crippen LogP contribution is -2.13. The molecular formula is C40H72O7. The number of rotatable bonds is 34. The Morgan fingerprint density at radius 1 is 0.404 bits per heavy atom. The fourth-order valence-corrected chi connectivity index (χ4v) is 5.78. The Balaban J connectivity index is 3.26. The highest BCUT2D eigenvalue weighted by atomic mass is 16.6. The van der Waals surface area contributed by atoms with E-state index in [4.69, 9.17) is 18.9 Å². The molecule has 1 aromatic carbocycles. The van der Waals surface area contributed by atoms with Gasteiger partial charge in [-0.25, -0.2) is 4.79 Å². The first kappa shape index (κ1) is 42.7. The maximum absolute atomic E-state index is 12.6. The van der Waals surface area contributed by atoms with Gasteiger partial charge in [0.05, 0.1) is 26.4 Å². The lowest BCUT2D eigenvalue weighted by molar-refractivity contribution is 0.0685. The first-order valence-corrected chi connectivity index (χ1v) is 19.7. The monoisotopic (exact) mass is 665 g/mol. The molecule has 0 saturated heterocycles. The van der Waals surface area contributed by atoms with E-state index in [0.717, 1.165) is 77.0 Å². The van der Waals surface area contributed by atoms with Crippen LogP contribution in [0.2, 0.25) is 0 Å². The van der Waals surface area contributed by atoms with Gasteiger partial charge in [-0.3, -0.25) is 0 Å². The van der Waals surface area contributed by atoms with Gasteiger partial charge in [0.25, 0.3) is 0 Å². The van der Waals surface area contributed by atoms with Crippen molar-refractivity contribution in [2.75, 3.05) is 26.4 Å². The molecule has 0 spiro atoms. The van der Waals surface area contributed by atoms with Gasteiger partial charge in [0.1, 0.15) is 0 Å². The number of carboxylic acids is 1. The van der Waals surface area contributed by atoms with Crippen LogP contribution >= 0.6 is 0 Å². The molecule has 0 radical (unpaired) electrons. The molecule has 1 rings (SSSR count). The Labute approximate surface area is 288 Å². The van der Waals surface area contributed by atoms with Crippen molar-refractivity contribution in [3.63, 3.8) is 0 Å². The number of carbonyl (C=O) groups is 1. The number of phenols is 1. The predicted molar refractivity (Wildman–Crippen MR) is 195 cm³/mol. The quantitative estimate of drug-likeness (QED) is 0.0708. The summed E-state index contributed by atoms with van der Waals surface area (Å²) in [7, 11) is 0. The molecule has 0 heterocycles. The first-order chi connectivity index (χ1) is 23.0. The minimum absolute atomic E-state index is 0.0516. The largest absolute Gasteiger partial charge is 0.503 e. The zero-order valence-electron chi connectivity index (χ0n) is 30.9. The topological polar surface area (TPSA) is 94.5 Å². The molecule has 0 bridgehead atoms. The van der Waals surface area contributed by atoms with Crippen molar-refractivity contribution in [1.29, 1.82) is 0 Å². The van der Waals surface area contributed by atoms with Crippen LogP contribution in [0.5, 0.6) is 28.7 Å². The second-order valence-corrected chi connectivity index (χ2v) is 13.2. The van der Waals surface area contributed by atoms with E-state index in [1.165, 1.54) is 83.5 Å². The third-order valence-corrected chi connectivity index (χ3v) is 8.74. The third kappa shape index (κ3) is 19.3. The number of benzene rings is 1. The van der Waals surface area contributed by atoms with Crippen LogP contribution in [0.15, 0.2) is 0 Å². The summed E-state index contributed by atoms with van der Waals surface area (Å²) < 4.78 is 25.1. The number of hydrogen-bond acceptors (Lipinski definition) is 6. The van der Waals surface area contributed by atoms with Gasteiger partial charge in [-0.15, -0.1) is 0 Å². The van der Waals surface area contributed by atoms with Crippen molar-refractivity contribution in [3.05, 3.63) is 5.56 Å². The number of carboxylic acid groups (broad SMARTS) is 1. The van der Waals surface area contributed by atoms with Gasteiger partial charge in [-0.1, -0.05) is 163 Å². The molecule has 0 fully saturated rings. The average Bonchev–Trinajstić information content (AvgIpc) is 3.06. The standard InChI is InChI=1S/C40H72O7/c1-5-9-13-17-21-25-27-31-45-37-35(41)34(40(42)43)36(44-30-26-22-18-14-10-6-2)38(46-32-28-23-19-15-11-7-3)39(37)47-33-29-24-20-16-12-8-4/h41H,5-33H2,1-4H3,(H,42,43). The summed E-state index contributed by atoms with van der Waals surface area (Å²) in [6, 6.07) is 0. The zero-order chi connectivity index (χ0) is 34.4. The van der Waals surface area contributed by atoms with E-state index in [0.29, 0.717) is 26.4 Å². The molecule has 7 nitrogen and oxygen atoms in total. The molecule has 274 valence electrons. The van der Waals surface area contributed by atoms with Crippen molar-refractivity contribution in [2.45, 2.75) is 188 Å². The molecule has 1 aromatic rings. The Hall–Kier alpha value is -2.31. The number of unbranched alkanes of at least 4 members (excludes halogenated alkanes) is 21. The van der Waals surface area contributed by atoms with Crippen molar-refractivity contribution in [3.8, 4) is 28.7 Å². The van der Waals surface area contributed by atoms with E-state index in [9.17, 15) is 15.0 Å². The van der Waals surface area contributed by atoms with Crippen molar-refractivity contribution in [2.24, 2.45) is 0 Å². The van der Waals surface area contributed by atoms with Gasteiger partial charge < -0.3 is 29.2 Å². The van der Waals surface area contributed by atoms with E-state index >= 15 is 0 Å². The molecule has 7 heteroatoms. The van der Waals surface area contributed by atoms with Crippen LogP contribution in [-0.4, -0.2) is 42.6 Å². The molecule has 0 saturated carbocycles. The van der Waals surface area contributed by atoms with Crippen LogP contribution < -0.4 is 18.9 Å². The summed E-state index contributed by atoms with van der Waals surface area (Å²) in [4.78, 5) is 12.6. The Kier molecular flexibility index (Phi) is 27.1. The Morgan fingerprint density at radius 2 is 0.660 bits per heavy atom. The van der Waals surface area contributed by atoms with Crippen molar-refractivity contribution >= 4 is 5.97 Å². The summed E-state index contributed by atoms with van der Waals surface area (Å²) in [6.07, 6.45) is 27.7. The molecule has 0 unspecified atom stereocenters. The molecule has 0 atom stereocenters. The van der Waals surface area contributed by atoms with E-state index in [1.54, 1.807) is 0 Å². The number of ether oxygens (including phenoxy) is 4. The minimum atomic E-state index is -1.27. The molecule has 0 aliphatic carbocycles. The SMILES string of the molecule is CCCCCCCCCOc1c(O)c(C(=O)O)c(OCCCCCCCC)c(OCCCCCCCC)c1OCCCCCCCC. The van der Waals surface area contributed by atoms with Crippen LogP contribution in [0.25, 0.3) is 0 Å². The van der Waals surface area contributed by atoms with E-state index in [-0.39, 0.29) is 28.6 Å². The molecule has 0 aliphatic rings. The van der Waals surface area contributed by atoms with Crippen LogP contribution in [0.3, 0.4) is 0 Å². The fourth-order valence-electron chi connectivity index (χ4n) is 5.78. The van der Waals surface area contributed by atoms with Crippen LogP contribution in [0.1, 0.15) is 199 Å². The lowest BCUT2D eigenvalue weighted by atomic mass is 10.1. The second-order valence-electron chi connectivity index (χ2n) is 13.2. The average molecular weight is 665 g/mol. The van der Waals surface area contributed by atoms with E-state index < -0.39 is 11.7 Å². The lowest BCUT2D eigenvalue weighted by Gasteiger charge is -2.23. The molecule has 0 amide bonds. The first-order valence-electron chi connectivity index (χ1n) is 19.7. The third-order valence-electron chi connectivity index (χ3n) is 8.74. The van der Waals surface area contributed by atoms with Gasteiger partial charge in [-0.2, -0.15) is 0 Å². The normalized spacial score (nSPS) is 11.1. The van der Waals surface area contributed by atoms with Crippen LogP contribution in [0.4, 0.5) is 0 Å². The summed E-state index contributed by atoms with van der Waals surface area (Å²) in [5.41, 5.74) is -0.310. The van der Waals surface area contributed by atoms with Crippen LogP contribution in [0, 0.1) is 0 Å². The Morgan fingerprint density at radius 3 is 0.979 bits per heavy atom. The van der Waals surface area contributed by atoms with E-state index in [2.05, 4.69) is 27.7 Å². The van der Waals surface area contributed by atoms with Crippen molar-refractivity contribution < 1.29 is 34.0 Å². The predicted octanol–water partition coefficient (Wildman–Crippen LogP) is 12.4. The Bertz CT molecular complexity index is 901. The zero-order valence-corrected chi connectivity index (χ0v) is 30.9. The summed E-state index contributed by atoms with van der Waals surface area (Å²) in [5, 5.41) is 21.7. The van der Waals surface area contributed by atoms with Gasteiger partial charge in [0.15, 0.2) is 17.1 Å². The van der Waals surface area contributed by atoms with Gasteiger partial charge in [-0.05, 0) is 25.7 Å². The highest BCUT2D eigenvalue weighted by molar-refractivity contribution is 5.97. The minimum Gasteiger partial charge on any atom is -0.503 e. The number of aromatic carboxylic acids is 1.